The summed E-state index contributed by atoms with van der Waals surface area (Å²) in [5, 5.41) is 53.8. The molecule has 0 fully saturated rings. The summed E-state index contributed by atoms with van der Waals surface area (Å²) in [6.07, 6.45) is -6.14. The lowest BCUT2D eigenvalue weighted by molar-refractivity contribution is -0.145. The van der Waals surface area contributed by atoms with E-state index in [-0.39, 0.29) is 11.8 Å². The maximum atomic E-state index is 12.4. The zero-order valence-electron chi connectivity index (χ0n) is 20.4. The first-order chi connectivity index (χ1) is 17.9. The number of aldehydes is 1. The van der Waals surface area contributed by atoms with E-state index in [4.69, 9.17) is 20.1 Å². The molecule has 38 heavy (non-hydrogen) atoms. The fourth-order valence-corrected chi connectivity index (χ4v) is 3.10. The summed E-state index contributed by atoms with van der Waals surface area (Å²) >= 11 is 0. The van der Waals surface area contributed by atoms with Crippen molar-refractivity contribution in [2.24, 2.45) is 0 Å². The number of rotatable bonds is 17. The van der Waals surface area contributed by atoms with Crippen molar-refractivity contribution < 1.29 is 59.0 Å². The van der Waals surface area contributed by atoms with Crippen LogP contribution in [0.25, 0.3) is 0 Å². The number of benzene rings is 1. The molecule has 6 atom stereocenters. The van der Waals surface area contributed by atoms with Crippen LogP contribution in [0, 0.1) is 0 Å². The Morgan fingerprint density at radius 3 is 2.16 bits per heavy atom. The molecular weight excluding hydrogens is 510 g/mol. The van der Waals surface area contributed by atoms with Gasteiger partial charge in [-0.1, -0.05) is 18.2 Å². The molecule has 8 N–H and O–H groups in total. The Labute approximate surface area is 216 Å². The maximum Gasteiger partial charge on any atom is 0.326 e. The van der Waals surface area contributed by atoms with Gasteiger partial charge in [-0.25, -0.2) is 4.79 Å². The first-order valence-electron chi connectivity index (χ1n) is 11.3. The molecular formula is C23H31N3O12. The van der Waals surface area contributed by atoms with Gasteiger partial charge in [-0.15, -0.1) is 0 Å². The van der Waals surface area contributed by atoms with Crippen molar-refractivity contribution in [3.05, 3.63) is 35.9 Å². The molecule has 210 valence electrons. The number of carbonyl (C=O) groups is 6. The van der Waals surface area contributed by atoms with Crippen molar-refractivity contribution in [1.82, 2.24) is 16.0 Å². The number of carboxylic acid groups (broad SMARTS) is 2. The number of aliphatic hydroxyl groups excluding tert-OH is 3. The molecule has 1 aromatic rings. The van der Waals surface area contributed by atoms with Crippen LogP contribution in [0.4, 0.5) is 0 Å². The van der Waals surface area contributed by atoms with Crippen LogP contribution < -0.4 is 16.0 Å². The summed E-state index contributed by atoms with van der Waals surface area (Å²) in [6.45, 7) is -0.612. The molecule has 0 radical (unpaired) electrons. The highest BCUT2D eigenvalue weighted by Crippen LogP contribution is 2.11. The van der Waals surface area contributed by atoms with E-state index in [2.05, 4.69) is 16.0 Å². The minimum absolute atomic E-state index is 0.163. The molecule has 2 unspecified atom stereocenters. The SMILES string of the molecule is CC(NC(=O)CO[C@@H]([C@H](O)[C@H](O)CO)[C@H](C=O)NC(=O)c1ccccc1)C(=O)NC(CCC(=O)O)C(=O)O. The van der Waals surface area contributed by atoms with Crippen molar-refractivity contribution in [1.29, 1.82) is 0 Å². The number of ether oxygens (including phenoxy) is 1. The first-order valence-corrected chi connectivity index (χ1v) is 11.3. The second kappa shape index (κ2) is 16.0. The lowest BCUT2D eigenvalue weighted by Crippen LogP contribution is -2.56. The van der Waals surface area contributed by atoms with E-state index >= 15 is 0 Å². The van der Waals surface area contributed by atoms with Crippen LogP contribution in [0.2, 0.25) is 0 Å². The van der Waals surface area contributed by atoms with Crippen molar-refractivity contribution in [2.75, 3.05) is 13.2 Å². The second-order valence-corrected chi connectivity index (χ2v) is 8.14. The maximum absolute atomic E-state index is 12.4. The summed E-state index contributed by atoms with van der Waals surface area (Å²) in [7, 11) is 0. The van der Waals surface area contributed by atoms with Crippen LogP contribution in [0.15, 0.2) is 30.3 Å². The average molecular weight is 542 g/mol. The van der Waals surface area contributed by atoms with Gasteiger partial charge in [-0.3, -0.25) is 19.2 Å². The van der Waals surface area contributed by atoms with Crippen molar-refractivity contribution in [3.8, 4) is 0 Å². The molecule has 3 amide bonds. The summed E-state index contributed by atoms with van der Waals surface area (Å²) in [5.74, 6) is -5.37. The van der Waals surface area contributed by atoms with E-state index < -0.39 is 92.2 Å². The van der Waals surface area contributed by atoms with Crippen molar-refractivity contribution in [3.63, 3.8) is 0 Å². The van der Waals surface area contributed by atoms with E-state index in [1.165, 1.54) is 19.1 Å². The lowest BCUT2D eigenvalue weighted by Gasteiger charge is -2.30. The van der Waals surface area contributed by atoms with Gasteiger partial charge in [0.1, 0.15) is 49.3 Å². The third-order valence-electron chi connectivity index (χ3n) is 5.19. The average Bonchev–Trinajstić information content (AvgIpc) is 2.89. The molecule has 0 heterocycles. The summed E-state index contributed by atoms with van der Waals surface area (Å²) in [4.78, 5) is 70.6. The van der Waals surface area contributed by atoms with E-state index in [9.17, 15) is 39.0 Å². The number of carboxylic acids is 2. The first kappa shape index (κ1) is 32.1. The fourth-order valence-electron chi connectivity index (χ4n) is 3.10. The van der Waals surface area contributed by atoms with Gasteiger partial charge in [-0.05, 0) is 25.5 Å². The highest BCUT2D eigenvalue weighted by atomic mass is 16.5. The van der Waals surface area contributed by atoms with Gasteiger partial charge in [0.05, 0.1) is 6.61 Å². The molecule has 0 aliphatic carbocycles. The number of hydrogen-bond acceptors (Lipinski definition) is 10. The Bertz CT molecular complexity index is 974. The minimum atomic E-state index is -1.93. The van der Waals surface area contributed by atoms with Gasteiger partial charge < -0.3 is 51.0 Å². The molecule has 0 aliphatic rings. The van der Waals surface area contributed by atoms with E-state index in [1.807, 2.05) is 0 Å². The number of hydrogen-bond donors (Lipinski definition) is 8. The third kappa shape index (κ3) is 10.6. The van der Waals surface area contributed by atoms with E-state index in [0.717, 1.165) is 0 Å². The molecule has 15 heteroatoms. The molecule has 0 bridgehead atoms. The fraction of sp³-hybridized carbons (Fsp3) is 0.478. The molecule has 0 saturated carbocycles. The number of nitrogens with one attached hydrogen (secondary N) is 3. The predicted octanol–water partition coefficient (Wildman–Crippen LogP) is -2.98. The molecule has 0 aromatic heterocycles. The number of amides is 3. The highest BCUT2D eigenvalue weighted by Gasteiger charge is 2.35. The van der Waals surface area contributed by atoms with Gasteiger partial charge in [0.2, 0.25) is 11.8 Å². The van der Waals surface area contributed by atoms with Crippen LogP contribution >= 0.6 is 0 Å². The lowest BCUT2D eigenvalue weighted by atomic mass is 10.0. The van der Waals surface area contributed by atoms with Crippen LogP contribution in [0.3, 0.4) is 0 Å². The quantitative estimate of drug-likeness (QED) is 0.0920. The smallest absolute Gasteiger partial charge is 0.326 e. The van der Waals surface area contributed by atoms with Crippen LogP contribution in [0.1, 0.15) is 30.1 Å². The van der Waals surface area contributed by atoms with Gasteiger partial charge >= 0.3 is 11.9 Å². The molecule has 1 rings (SSSR count). The summed E-state index contributed by atoms with van der Waals surface area (Å²) in [5.41, 5.74) is 0.163. The van der Waals surface area contributed by atoms with Crippen LogP contribution in [-0.2, 0) is 28.7 Å². The molecule has 1 aromatic carbocycles. The second-order valence-electron chi connectivity index (χ2n) is 8.14. The Hall–Kier alpha value is -3.92. The predicted molar refractivity (Wildman–Crippen MR) is 127 cm³/mol. The monoisotopic (exact) mass is 541 g/mol. The molecule has 15 nitrogen and oxygen atoms in total. The number of aliphatic hydroxyl groups is 3. The summed E-state index contributed by atoms with van der Waals surface area (Å²) in [6, 6.07) is 3.28. The largest absolute Gasteiger partial charge is 0.481 e. The molecule has 0 spiro atoms. The minimum Gasteiger partial charge on any atom is -0.481 e. The third-order valence-corrected chi connectivity index (χ3v) is 5.19. The van der Waals surface area contributed by atoms with E-state index in [0.29, 0.717) is 0 Å². The Balaban J connectivity index is 2.84. The molecule has 0 saturated heterocycles. The summed E-state index contributed by atoms with van der Waals surface area (Å²) < 4.78 is 5.27. The Morgan fingerprint density at radius 1 is 1.00 bits per heavy atom. The number of aliphatic carboxylic acids is 2. The van der Waals surface area contributed by atoms with Gasteiger partial charge in [0.15, 0.2) is 0 Å². The van der Waals surface area contributed by atoms with Gasteiger partial charge in [0, 0.05) is 12.0 Å². The van der Waals surface area contributed by atoms with Gasteiger partial charge in [0.25, 0.3) is 5.91 Å². The molecule has 0 aliphatic heterocycles. The van der Waals surface area contributed by atoms with Crippen LogP contribution in [-0.4, -0.2) is 111 Å². The van der Waals surface area contributed by atoms with Gasteiger partial charge in [-0.2, -0.15) is 0 Å². The normalized spacial score (nSPS) is 15.6. The zero-order valence-corrected chi connectivity index (χ0v) is 20.4. The topological polar surface area (TPSA) is 249 Å². The Morgan fingerprint density at radius 2 is 1.63 bits per heavy atom. The van der Waals surface area contributed by atoms with Crippen molar-refractivity contribution in [2.45, 2.75) is 56.2 Å². The van der Waals surface area contributed by atoms with Crippen LogP contribution in [0.5, 0.6) is 0 Å². The zero-order chi connectivity index (χ0) is 28.8. The number of carbonyl (C=O) groups excluding carboxylic acids is 4. The Kier molecular flexibility index (Phi) is 13.5. The van der Waals surface area contributed by atoms with E-state index in [1.54, 1.807) is 18.2 Å². The highest BCUT2D eigenvalue weighted by molar-refractivity contribution is 5.95. The van der Waals surface area contributed by atoms with Crippen molar-refractivity contribution >= 4 is 35.9 Å². The standard InChI is InChI=1S/C23H31N3O12/c1-12(21(34)25-14(23(36)37)7-8-18(31)32)24-17(30)11-38-20(19(33)16(29)10-28)15(9-27)26-22(35)13-5-3-2-4-6-13/h2-6,9,12,14-16,19-20,28-29,33H,7-8,10-11H2,1H3,(H,24,30)(H,25,34)(H,26,35)(H,31,32)(H,36,37)/t12?,14?,15-,16+,19+,20+/m0/s1.